The fourth-order valence-electron chi connectivity index (χ4n) is 1.25. The molecule has 0 aliphatic rings. The summed E-state index contributed by atoms with van der Waals surface area (Å²) in [5.41, 5.74) is 0. The van der Waals surface area contributed by atoms with Crippen LogP contribution in [0.4, 0.5) is 8.78 Å². The van der Waals surface area contributed by atoms with Crippen LogP contribution in [0.3, 0.4) is 0 Å². The molecule has 1 aromatic rings. The minimum Gasteiger partial charge on any atom is -0.490 e. The molecule has 0 heterocycles. The fourth-order valence-corrected chi connectivity index (χ4v) is 1.25. The van der Waals surface area contributed by atoms with Crippen molar-refractivity contribution in [3.8, 4) is 23.3 Å². The van der Waals surface area contributed by atoms with Gasteiger partial charge in [0.15, 0.2) is 11.5 Å². The molecule has 0 unspecified atom stereocenters. The number of hydrogen-bond acceptors (Lipinski definition) is 2. The Labute approximate surface area is 106 Å². The lowest BCUT2D eigenvalue weighted by atomic mass is 10.3. The molecule has 0 atom stereocenters. The van der Waals surface area contributed by atoms with Crippen LogP contribution in [-0.2, 0) is 0 Å². The molecular weight excluding hydrogens is 238 g/mol. The average molecular weight is 254 g/mol. The zero-order valence-corrected chi connectivity index (χ0v) is 10.6. The molecule has 0 aromatic heterocycles. The topological polar surface area (TPSA) is 18.5 Å². The van der Waals surface area contributed by atoms with Crippen molar-refractivity contribution in [2.75, 3.05) is 13.2 Å². The molecule has 0 fully saturated rings. The third-order valence-corrected chi connectivity index (χ3v) is 2.24. The number of ether oxygens (including phenoxy) is 2. The van der Waals surface area contributed by atoms with Gasteiger partial charge in [0.2, 0.25) is 11.6 Å². The molecule has 2 nitrogen and oxygen atoms in total. The minimum atomic E-state index is -1.04. The average Bonchev–Trinajstić information content (AvgIpc) is 2.37. The van der Waals surface area contributed by atoms with Gasteiger partial charge in [-0.2, -0.15) is 8.78 Å². The summed E-state index contributed by atoms with van der Waals surface area (Å²) in [5.74, 6) is 2.91. The van der Waals surface area contributed by atoms with Gasteiger partial charge in [0.05, 0.1) is 6.61 Å². The van der Waals surface area contributed by atoms with Crippen molar-refractivity contribution in [1.82, 2.24) is 0 Å². The summed E-state index contributed by atoms with van der Waals surface area (Å²) < 4.78 is 37.3. The Balaban J connectivity index is 2.73. The van der Waals surface area contributed by atoms with Crippen molar-refractivity contribution >= 4 is 0 Å². The van der Waals surface area contributed by atoms with E-state index in [-0.39, 0.29) is 18.1 Å². The van der Waals surface area contributed by atoms with E-state index in [1.165, 1.54) is 12.1 Å². The van der Waals surface area contributed by atoms with Crippen LogP contribution >= 0.6 is 0 Å². The smallest absolute Gasteiger partial charge is 0.204 e. The molecule has 0 aliphatic carbocycles. The van der Waals surface area contributed by atoms with Gasteiger partial charge in [-0.3, -0.25) is 0 Å². The SMILES string of the molecule is CC#CCOc1ccc(OCCCC)c(F)c1F. The number of halogens is 2. The van der Waals surface area contributed by atoms with Crippen molar-refractivity contribution in [2.24, 2.45) is 0 Å². The Morgan fingerprint density at radius 2 is 1.72 bits per heavy atom. The minimum absolute atomic E-state index is 0.0307. The van der Waals surface area contributed by atoms with Gasteiger partial charge in [0.25, 0.3) is 0 Å². The predicted molar refractivity (Wildman–Crippen MR) is 65.7 cm³/mol. The largest absolute Gasteiger partial charge is 0.490 e. The standard InChI is InChI=1S/C14H16F2O2/c1-3-5-9-17-11-7-8-12(14(16)13(11)15)18-10-6-4-2/h7-8H,3,5,9-10H2,1-2H3. The van der Waals surface area contributed by atoms with Crippen molar-refractivity contribution in [3.05, 3.63) is 23.8 Å². The molecule has 4 heteroatoms. The zero-order valence-electron chi connectivity index (χ0n) is 10.6. The fraction of sp³-hybridized carbons (Fsp3) is 0.429. The first-order valence-electron chi connectivity index (χ1n) is 5.83. The lowest BCUT2D eigenvalue weighted by Gasteiger charge is -2.09. The highest BCUT2D eigenvalue weighted by Gasteiger charge is 2.15. The van der Waals surface area contributed by atoms with Crippen LogP contribution in [0, 0.1) is 23.5 Å². The van der Waals surface area contributed by atoms with E-state index in [0.717, 1.165) is 12.8 Å². The number of benzene rings is 1. The van der Waals surface area contributed by atoms with E-state index in [1.807, 2.05) is 6.92 Å². The maximum absolute atomic E-state index is 13.6. The quantitative estimate of drug-likeness (QED) is 0.571. The van der Waals surface area contributed by atoms with Gasteiger partial charge in [-0.1, -0.05) is 19.3 Å². The molecule has 0 spiro atoms. The first kappa shape index (κ1) is 14.3. The maximum Gasteiger partial charge on any atom is 0.204 e. The lowest BCUT2D eigenvalue weighted by Crippen LogP contribution is -2.03. The predicted octanol–water partition coefficient (Wildman–Crippen LogP) is 3.55. The molecule has 0 saturated carbocycles. The summed E-state index contributed by atoms with van der Waals surface area (Å²) >= 11 is 0. The molecule has 1 aromatic carbocycles. The lowest BCUT2D eigenvalue weighted by molar-refractivity contribution is 0.281. The molecule has 0 radical (unpaired) electrons. The molecule has 1 rings (SSSR count). The van der Waals surface area contributed by atoms with Crippen LogP contribution < -0.4 is 9.47 Å². The summed E-state index contributed by atoms with van der Waals surface area (Å²) in [6.07, 6.45) is 1.73. The molecule has 0 saturated heterocycles. The van der Waals surface area contributed by atoms with Crippen LogP contribution in [-0.4, -0.2) is 13.2 Å². The van der Waals surface area contributed by atoms with Crippen molar-refractivity contribution < 1.29 is 18.3 Å². The van der Waals surface area contributed by atoms with Crippen LogP contribution in [0.5, 0.6) is 11.5 Å². The normalized spacial score (nSPS) is 9.56. The monoisotopic (exact) mass is 254 g/mol. The van der Waals surface area contributed by atoms with Gasteiger partial charge in [0, 0.05) is 0 Å². The Morgan fingerprint density at radius 1 is 1.11 bits per heavy atom. The number of unbranched alkanes of at least 4 members (excludes halogenated alkanes) is 1. The number of rotatable bonds is 6. The third kappa shape index (κ3) is 3.92. The Kier molecular flexibility index (Phi) is 5.99. The van der Waals surface area contributed by atoms with Crippen LogP contribution in [0.1, 0.15) is 26.7 Å². The van der Waals surface area contributed by atoms with Crippen LogP contribution in [0.25, 0.3) is 0 Å². The Bertz CT molecular complexity index is 447. The van der Waals surface area contributed by atoms with E-state index in [2.05, 4.69) is 11.8 Å². The van der Waals surface area contributed by atoms with Gasteiger partial charge < -0.3 is 9.47 Å². The number of hydrogen-bond donors (Lipinski definition) is 0. The van der Waals surface area contributed by atoms with Gasteiger partial charge in [-0.25, -0.2) is 0 Å². The van der Waals surface area contributed by atoms with Gasteiger partial charge >= 0.3 is 0 Å². The first-order valence-corrected chi connectivity index (χ1v) is 5.83. The Morgan fingerprint density at radius 3 is 2.28 bits per heavy atom. The second kappa shape index (κ2) is 7.54. The first-order chi connectivity index (χ1) is 8.70. The summed E-state index contributed by atoms with van der Waals surface area (Å²) in [6, 6.07) is 2.71. The molecule has 0 amide bonds. The zero-order chi connectivity index (χ0) is 13.4. The van der Waals surface area contributed by atoms with Crippen LogP contribution in [0.2, 0.25) is 0 Å². The van der Waals surface area contributed by atoms with E-state index < -0.39 is 11.6 Å². The highest BCUT2D eigenvalue weighted by molar-refractivity contribution is 5.35. The molecular formula is C14H16F2O2. The van der Waals surface area contributed by atoms with Gasteiger partial charge in [-0.05, 0) is 25.5 Å². The molecule has 18 heavy (non-hydrogen) atoms. The maximum atomic E-state index is 13.6. The van der Waals surface area contributed by atoms with Gasteiger partial charge in [0.1, 0.15) is 6.61 Å². The molecule has 0 bridgehead atoms. The van der Waals surface area contributed by atoms with Crippen molar-refractivity contribution in [1.29, 1.82) is 0 Å². The second-order valence-electron chi connectivity index (χ2n) is 3.61. The van der Waals surface area contributed by atoms with E-state index in [4.69, 9.17) is 9.47 Å². The summed E-state index contributed by atoms with van der Waals surface area (Å²) in [7, 11) is 0. The van der Waals surface area contributed by atoms with Gasteiger partial charge in [-0.15, -0.1) is 5.92 Å². The van der Waals surface area contributed by atoms with E-state index in [9.17, 15) is 8.78 Å². The summed E-state index contributed by atoms with van der Waals surface area (Å²) in [6.45, 7) is 4.04. The summed E-state index contributed by atoms with van der Waals surface area (Å²) in [4.78, 5) is 0. The summed E-state index contributed by atoms with van der Waals surface area (Å²) in [5, 5.41) is 0. The highest BCUT2D eigenvalue weighted by Crippen LogP contribution is 2.27. The molecule has 0 N–H and O–H groups in total. The third-order valence-electron chi connectivity index (χ3n) is 2.24. The van der Waals surface area contributed by atoms with E-state index in [1.54, 1.807) is 6.92 Å². The molecule has 0 aliphatic heterocycles. The van der Waals surface area contributed by atoms with Crippen molar-refractivity contribution in [2.45, 2.75) is 26.7 Å². The Hall–Kier alpha value is -1.76. The van der Waals surface area contributed by atoms with E-state index >= 15 is 0 Å². The van der Waals surface area contributed by atoms with Crippen LogP contribution in [0.15, 0.2) is 12.1 Å². The second-order valence-corrected chi connectivity index (χ2v) is 3.61. The van der Waals surface area contributed by atoms with E-state index in [0.29, 0.717) is 6.61 Å². The highest BCUT2D eigenvalue weighted by atomic mass is 19.2. The molecule has 98 valence electrons. The van der Waals surface area contributed by atoms with Crippen molar-refractivity contribution in [3.63, 3.8) is 0 Å².